The molecule has 0 radical (unpaired) electrons. The van der Waals surface area contributed by atoms with Crippen LogP contribution in [0.5, 0.6) is 0 Å². The van der Waals surface area contributed by atoms with Gasteiger partial charge >= 0.3 is 0 Å². The molecule has 0 saturated heterocycles. The molecule has 0 heterocycles. The second-order valence-corrected chi connectivity index (χ2v) is 5.76. The SMILES string of the molecule is CNc1c(Cl)cc(C(=O)N(C)C(C)C2CC2)cc1[N+](=O)[O-]. The minimum absolute atomic E-state index is 0.124. The van der Waals surface area contributed by atoms with E-state index < -0.39 is 4.92 Å². The number of hydrogen-bond acceptors (Lipinski definition) is 4. The van der Waals surface area contributed by atoms with Gasteiger partial charge in [-0.1, -0.05) is 11.6 Å². The summed E-state index contributed by atoms with van der Waals surface area (Å²) in [6.07, 6.45) is 2.25. The molecule has 0 spiro atoms. The first-order valence-corrected chi connectivity index (χ1v) is 7.17. The van der Waals surface area contributed by atoms with Gasteiger partial charge in [0.25, 0.3) is 11.6 Å². The predicted octanol–water partition coefficient (Wildman–Crippen LogP) is 3.16. The van der Waals surface area contributed by atoms with Crippen LogP contribution in [0, 0.1) is 16.0 Å². The Morgan fingerprint density at radius 1 is 1.52 bits per heavy atom. The van der Waals surface area contributed by atoms with E-state index >= 15 is 0 Å². The number of anilines is 1. The fraction of sp³-hybridized carbons (Fsp3) is 0.500. The Morgan fingerprint density at radius 3 is 2.62 bits per heavy atom. The number of nitro groups is 1. The number of amides is 1. The molecule has 7 heteroatoms. The first-order chi connectivity index (χ1) is 9.86. The summed E-state index contributed by atoms with van der Waals surface area (Å²) in [6, 6.07) is 2.87. The fourth-order valence-corrected chi connectivity index (χ4v) is 2.70. The van der Waals surface area contributed by atoms with Crippen molar-refractivity contribution in [2.75, 3.05) is 19.4 Å². The average Bonchev–Trinajstić information content (AvgIpc) is 3.28. The van der Waals surface area contributed by atoms with Crippen molar-refractivity contribution >= 4 is 28.9 Å². The number of halogens is 1. The molecule has 1 aliphatic carbocycles. The summed E-state index contributed by atoms with van der Waals surface area (Å²) in [7, 11) is 3.27. The topological polar surface area (TPSA) is 75.5 Å². The molecule has 2 rings (SSSR count). The van der Waals surface area contributed by atoms with Gasteiger partial charge in [0, 0.05) is 31.8 Å². The lowest BCUT2D eigenvalue weighted by Gasteiger charge is -2.25. The van der Waals surface area contributed by atoms with Gasteiger partial charge in [-0.3, -0.25) is 14.9 Å². The van der Waals surface area contributed by atoms with E-state index in [0.29, 0.717) is 5.92 Å². The molecule has 1 unspecified atom stereocenters. The highest BCUT2D eigenvalue weighted by Crippen LogP contribution is 2.36. The van der Waals surface area contributed by atoms with Crippen LogP contribution in [-0.4, -0.2) is 35.9 Å². The second kappa shape index (κ2) is 5.89. The van der Waals surface area contributed by atoms with Crippen LogP contribution in [0.3, 0.4) is 0 Å². The molecule has 0 aromatic heterocycles. The van der Waals surface area contributed by atoms with Gasteiger partial charge in [0.15, 0.2) is 0 Å². The summed E-state index contributed by atoms with van der Waals surface area (Å²) in [5.41, 5.74) is 0.262. The minimum atomic E-state index is -0.543. The van der Waals surface area contributed by atoms with Gasteiger partial charge < -0.3 is 10.2 Å². The second-order valence-electron chi connectivity index (χ2n) is 5.35. The van der Waals surface area contributed by atoms with E-state index in [1.807, 2.05) is 6.92 Å². The number of carbonyl (C=O) groups is 1. The number of nitrogens with one attached hydrogen (secondary N) is 1. The molecule has 1 saturated carbocycles. The Morgan fingerprint density at radius 2 is 2.14 bits per heavy atom. The van der Waals surface area contributed by atoms with Crippen molar-refractivity contribution in [2.24, 2.45) is 5.92 Å². The van der Waals surface area contributed by atoms with Crippen molar-refractivity contribution in [1.29, 1.82) is 0 Å². The van der Waals surface area contributed by atoms with Gasteiger partial charge in [-0.15, -0.1) is 0 Å². The lowest BCUT2D eigenvalue weighted by atomic mass is 10.1. The Labute approximate surface area is 128 Å². The molecule has 0 bridgehead atoms. The van der Waals surface area contributed by atoms with Crippen LogP contribution in [0.4, 0.5) is 11.4 Å². The van der Waals surface area contributed by atoms with Gasteiger partial charge in [0.05, 0.1) is 9.95 Å². The third-order valence-electron chi connectivity index (χ3n) is 4.00. The highest BCUT2D eigenvalue weighted by Gasteiger charge is 2.33. The lowest BCUT2D eigenvalue weighted by molar-refractivity contribution is -0.384. The van der Waals surface area contributed by atoms with Gasteiger partial charge in [-0.25, -0.2) is 0 Å². The number of hydrogen-bond donors (Lipinski definition) is 1. The van der Waals surface area contributed by atoms with Crippen LogP contribution in [0.1, 0.15) is 30.1 Å². The van der Waals surface area contributed by atoms with E-state index in [0.717, 1.165) is 12.8 Å². The zero-order valence-electron chi connectivity index (χ0n) is 12.2. The summed E-state index contributed by atoms with van der Waals surface area (Å²) in [6.45, 7) is 1.99. The lowest BCUT2D eigenvalue weighted by Crippen LogP contribution is -2.36. The first-order valence-electron chi connectivity index (χ1n) is 6.79. The largest absolute Gasteiger partial charge is 0.381 e. The smallest absolute Gasteiger partial charge is 0.294 e. The van der Waals surface area contributed by atoms with Crippen molar-refractivity contribution in [3.05, 3.63) is 32.8 Å². The molecule has 1 aromatic carbocycles. The van der Waals surface area contributed by atoms with E-state index in [-0.39, 0.29) is 33.9 Å². The van der Waals surface area contributed by atoms with Crippen LogP contribution >= 0.6 is 11.6 Å². The Bertz CT molecular complexity index is 587. The number of nitro benzene ring substituents is 1. The van der Waals surface area contributed by atoms with E-state index in [2.05, 4.69) is 5.32 Å². The molecule has 0 aliphatic heterocycles. The molecule has 1 aliphatic rings. The molecule has 1 fully saturated rings. The summed E-state index contributed by atoms with van der Waals surface area (Å²) in [5, 5.41) is 14.0. The quantitative estimate of drug-likeness (QED) is 0.669. The van der Waals surface area contributed by atoms with Gasteiger partial charge in [0.2, 0.25) is 0 Å². The van der Waals surface area contributed by atoms with E-state index in [9.17, 15) is 14.9 Å². The zero-order valence-corrected chi connectivity index (χ0v) is 13.0. The maximum absolute atomic E-state index is 12.5. The molecule has 1 N–H and O–H groups in total. The fourth-order valence-electron chi connectivity index (χ4n) is 2.39. The van der Waals surface area contributed by atoms with Crippen LogP contribution in [0.2, 0.25) is 5.02 Å². The van der Waals surface area contributed by atoms with Gasteiger partial charge in [-0.2, -0.15) is 0 Å². The number of carbonyl (C=O) groups excluding carboxylic acids is 1. The molecule has 1 amide bonds. The molecule has 21 heavy (non-hydrogen) atoms. The molecular weight excluding hydrogens is 294 g/mol. The monoisotopic (exact) mass is 311 g/mol. The average molecular weight is 312 g/mol. The molecular formula is C14H18ClN3O3. The van der Waals surface area contributed by atoms with Crippen LogP contribution in [0.15, 0.2) is 12.1 Å². The molecule has 114 valence electrons. The van der Waals surface area contributed by atoms with Crippen molar-refractivity contribution in [3.63, 3.8) is 0 Å². The minimum Gasteiger partial charge on any atom is -0.381 e. The highest BCUT2D eigenvalue weighted by molar-refractivity contribution is 6.34. The summed E-state index contributed by atoms with van der Waals surface area (Å²) in [4.78, 5) is 24.7. The Balaban J connectivity index is 2.34. The first kappa shape index (κ1) is 15.6. The summed E-state index contributed by atoms with van der Waals surface area (Å²) >= 11 is 6.04. The summed E-state index contributed by atoms with van der Waals surface area (Å²) < 4.78 is 0. The van der Waals surface area contributed by atoms with Crippen molar-refractivity contribution in [2.45, 2.75) is 25.8 Å². The van der Waals surface area contributed by atoms with E-state index in [1.54, 1.807) is 19.0 Å². The standard InChI is InChI=1S/C14H18ClN3O3/c1-8(9-4-5-9)17(3)14(19)10-6-11(15)13(16-2)12(7-10)18(20)21/h6-9,16H,4-5H2,1-3H3. The van der Waals surface area contributed by atoms with Crippen molar-refractivity contribution in [3.8, 4) is 0 Å². The molecule has 1 atom stereocenters. The van der Waals surface area contributed by atoms with E-state index in [4.69, 9.17) is 11.6 Å². The van der Waals surface area contributed by atoms with Crippen LogP contribution < -0.4 is 5.32 Å². The van der Waals surface area contributed by atoms with Gasteiger partial charge in [0.1, 0.15) is 5.69 Å². The third kappa shape index (κ3) is 3.10. The maximum Gasteiger partial charge on any atom is 0.294 e. The maximum atomic E-state index is 12.5. The normalized spacial score (nSPS) is 15.4. The molecule has 6 nitrogen and oxygen atoms in total. The number of benzene rings is 1. The number of rotatable bonds is 5. The number of nitrogens with zero attached hydrogens (tertiary/aromatic N) is 2. The van der Waals surface area contributed by atoms with E-state index in [1.165, 1.54) is 12.1 Å². The third-order valence-corrected chi connectivity index (χ3v) is 4.30. The van der Waals surface area contributed by atoms with Crippen LogP contribution in [-0.2, 0) is 0 Å². The predicted molar refractivity (Wildman–Crippen MR) is 81.9 cm³/mol. The van der Waals surface area contributed by atoms with Crippen molar-refractivity contribution < 1.29 is 9.72 Å². The highest BCUT2D eigenvalue weighted by atomic mass is 35.5. The summed E-state index contributed by atoms with van der Waals surface area (Å²) in [5.74, 6) is 0.281. The Hall–Kier alpha value is -1.82. The van der Waals surface area contributed by atoms with Gasteiger partial charge in [-0.05, 0) is 31.7 Å². The molecule has 1 aromatic rings. The zero-order chi connectivity index (χ0) is 15.7. The Kier molecular flexibility index (Phi) is 4.37. The van der Waals surface area contributed by atoms with Crippen LogP contribution in [0.25, 0.3) is 0 Å². The van der Waals surface area contributed by atoms with Crippen molar-refractivity contribution in [1.82, 2.24) is 4.90 Å².